The average molecular weight is 421 g/mol. The van der Waals surface area contributed by atoms with Gasteiger partial charge in [0.1, 0.15) is 32.7 Å². The molecule has 0 spiro atoms. The lowest BCUT2D eigenvalue weighted by atomic mass is 10.2. The molecule has 2 aromatic rings. The summed E-state index contributed by atoms with van der Waals surface area (Å²) in [6.07, 6.45) is 0. The van der Waals surface area contributed by atoms with Crippen molar-refractivity contribution in [2.75, 3.05) is 58.9 Å². The van der Waals surface area contributed by atoms with Crippen LogP contribution in [-0.2, 0) is 11.3 Å². The molecule has 2 saturated heterocycles. The monoisotopic (exact) mass is 420 g/mol. The van der Waals surface area contributed by atoms with Crippen LogP contribution in [-0.4, -0.2) is 80.5 Å². The Labute approximate surface area is 173 Å². The summed E-state index contributed by atoms with van der Waals surface area (Å²) < 4.78 is 0. The summed E-state index contributed by atoms with van der Waals surface area (Å²) in [5.74, 6) is 0.331. The molecule has 0 aliphatic carbocycles. The summed E-state index contributed by atoms with van der Waals surface area (Å²) in [5, 5.41) is 4.07. The van der Waals surface area contributed by atoms with Gasteiger partial charge in [-0.05, 0) is 22.9 Å². The van der Waals surface area contributed by atoms with Crippen LogP contribution in [0.5, 0.6) is 0 Å². The zero-order valence-corrected chi connectivity index (χ0v) is 17.7. The molecule has 0 saturated carbocycles. The van der Waals surface area contributed by atoms with E-state index in [1.54, 1.807) is 4.90 Å². The zero-order valence-electron chi connectivity index (χ0n) is 16.1. The molecule has 150 valence electrons. The van der Waals surface area contributed by atoms with Crippen molar-refractivity contribution in [2.24, 2.45) is 0 Å². The Kier molecular flexibility index (Phi) is 6.41. The lowest BCUT2D eigenvalue weighted by molar-refractivity contribution is -1.02. The summed E-state index contributed by atoms with van der Waals surface area (Å²) in [7, 11) is 0. The highest BCUT2D eigenvalue weighted by Gasteiger charge is 2.29. The van der Waals surface area contributed by atoms with E-state index in [2.05, 4.69) is 17.5 Å². The summed E-state index contributed by atoms with van der Waals surface area (Å²) in [5.41, 5.74) is 0. The van der Waals surface area contributed by atoms with Crippen LogP contribution in [0.3, 0.4) is 0 Å². The van der Waals surface area contributed by atoms with Crippen LogP contribution in [0.1, 0.15) is 14.5 Å². The number of quaternary nitrogens is 2. The van der Waals surface area contributed by atoms with Gasteiger partial charge in [-0.25, -0.2) is 0 Å². The number of thiophene rings is 2. The van der Waals surface area contributed by atoms with Crippen LogP contribution in [0.25, 0.3) is 0 Å². The molecule has 0 atom stereocenters. The molecule has 0 aromatic carbocycles. The van der Waals surface area contributed by atoms with Crippen molar-refractivity contribution in [1.29, 1.82) is 0 Å². The molecule has 0 unspecified atom stereocenters. The number of hydrogen-bond donors (Lipinski definition) is 2. The van der Waals surface area contributed by atoms with Crippen molar-refractivity contribution < 1.29 is 19.4 Å². The van der Waals surface area contributed by atoms with Gasteiger partial charge in [0.15, 0.2) is 6.54 Å². The summed E-state index contributed by atoms with van der Waals surface area (Å²) in [6, 6.07) is 8.10. The molecule has 4 heterocycles. The molecular formula is C20H28N4O2S2+2. The third-order valence-corrected chi connectivity index (χ3v) is 7.46. The first-order chi connectivity index (χ1) is 13.7. The van der Waals surface area contributed by atoms with Gasteiger partial charge < -0.3 is 19.6 Å². The highest BCUT2D eigenvalue weighted by molar-refractivity contribution is 7.12. The van der Waals surface area contributed by atoms with Crippen LogP contribution in [0.4, 0.5) is 0 Å². The fourth-order valence-electron chi connectivity index (χ4n) is 4.01. The lowest BCUT2D eigenvalue weighted by Gasteiger charge is -2.35. The average Bonchev–Trinajstić information content (AvgIpc) is 3.43. The van der Waals surface area contributed by atoms with E-state index in [-0.39, 0.29) is 11.8 Å². The Morgan fingerprint density at radius 1 is 0.857 bits per heavy atom. The Hall–Kier alpha value is -1.74. The van der Waals surface area contributed by atoms with E-state index in [0.29, 0.717) is 32.7 Å². The summed E-state index contributed by atoms with van der Waals surface area (Å²) >= 11 is 3.31. The second-order valence-electron chi connectivity index (χ2n) is 7.58. The fraction of sp³-hybridized carbons (Fsp3) is 0.500. The maximum absolute atomic E-state index is 12.7. The topological polar surface area (TPSA) is 49.5 Å². The van der Waals surface area contributed by atoms with Crippen LogP contribution < -0.4 is 9.80 Å². The van der Waals surface area contributed by atoms with Gasteiger partial charge in [0.2, 0.25) is 0 Å². The molecule has 8 heteroatoms. The number of rotatable bonds is 5. The normalized spacial score (nSPS) is 23.0. The molecule has 0 bridgehead atoms. The van der Waals surface area contributed by atoms with Crippen molar-refractivity contribution in [3.8, 4) is 0 Å². The van der Waals surface area contributed by atoms with Gasteiger partial charge in [0.05, 0.1) is 9.75 Å². The van der Waals surface area contributed by atoms with Crippen molar-refractivity contribution in [2.45, 2.75) is 6.54 Å². The highest BCUT2D eigenvalue weighted by Crippen LogP contribution is 2.13. The minimum atomic E-state index is 0.0950. The van der Waals surface area contributed by atoms with Crippen molar-refractivity contribution in [3.05, 3.63) is 44.8 Å². The number of nitrogens with zero attached hydrogens (tertiary/aromatic N) is 2. The Bertz CT molecular complexity index is 762. The van der Waals surface area contributed by atoms with Crippen molar-refractivity contribution >= 4 is 34.5 Å². The van der Waals surface area contributed by atoms with Crippen LogP contribution in [0.15, 0.2) is 35.0 Å². The number of hydrogen-bond acceptors (Lipinski definition) is 4. The Morgan fingerprint density at radius 3 is 2.14 bits per heavy atom. The maximum Gasteiger partial charge on any atom is 0.277 e. The number of piperazine rings is 2. The quantitative estimate of drug-likeness (QED) is 0.657. The molecule has 6 nitrogen and oxygen atoms in total. The Morgan fingerprint density at radius 2 is 1.50 bits per heavy atom. The van der Waals surface area contributed by atoms with E-state index in [4.69, 9.17) is 0 Å². The second kappa shape index (κ2) is 9.17. The molecule has 2 aromatic heterocycles. The number of carbonyl (C=O) groups is 2. The van der Waals surface area contributed by atoms with E-state index >= 15 is 0 Å². The first-order valence-electron chi connectivity index (χ1n) is 9.99. The minimum absolute atomic E-state index is 0.0950. The van der Waals surface area contributed by atoms with E-state index in [1.807, 2.05) is 38.6 Å². The van der Waals surface area contributed by atoms with Gasteiger partial charge >= 0.3 is 0 Å². The van der Waals surface area contributed by atoms with E-state index in [9.17, 15) is 9.59 Å². The summed E-state index contributed by atoms with van der Waals surface area (Å²) in [4.78, 5) is 34.2. The molecule has 2 fully saturated rings. The predicted molar refractivity (Wildman–Crippen MR) is 111 cm³/mol. The standard InChI is InChI=1S/C20H26N4O2S2/c25-19(16-22-7-5-21(6-8-22)15-17-3-1-13-27-17)23-9-11-24(12-10-23)20(26)18-4-2-14-28-18/h1-4,13-14H,5-12,15-16H2/p+2. The van der Waals surface area contributed by atoms with Gasteiger partial charge in [-0.15, -0.1) is 22.7 Å². The van der Waals surface area contributed by atoms with Crippen LogP contribution in [0, 0.1) is 0 Å². The van der Waals surface area contributed by atoms with Crippen LogP contribution >= 0.6 is 22.7 Å². The van der Waals surface area contributed by atoms with E-state index in [0.717, 1.165) is 37.6 Å². The van der Waals surface area contributed by atoms with Gasteiger partial charge in [0, 0.05) is 26.2 Å². The molecule has 2 aliphatic rings. The molecule has 28 heavy (non-hydrogen) atoms. The first kappa shape index (κ1) is 19.6. The van der Waals surface area contributed by atoms with Gasteiger partial charge in [-0.1, -0.05) is 12.1 Å². The summed E-state index contributed by atoms with van der Waals surface area (Å²) in [6.45, 7) is 8.65. The molecule has 2 amide bonds. The van der Waals surface area contributed by atoms with Gasteiger partial charge in [0.25, 0.3) is 11.8 Å². The fourth-order valence-corrected chi connectivity index (χ4v) is 5.48. The van der Waals surface area contributed by atoms with Crippen molar-refractivity contribution in [1.82, 2.24) is 9.80 Å². The molecule has 2 N–H and O–H groups in total. The third-order valence-electron chi connectivity index (χ3n) is 5.72. The second-order valence-corrected chi connectivity index (χ2v) is 9.56. The van der Waals surface area contributed by atoms with E-state index in [1.165, 1.54) is 21.1 Å². The largest absolute Gasteiger partial charge is 0.334 e. The van der Waals surface area contributed by atoms with Gasteiger partial charge in [-0.3, -0.25) is 9.59 Å². The van der Waals surface area contributed by atoms with Crippen LogP contribution in [0.2, 0.25) is 0 Å². The Balaban J connectivity index is 1.18. The zero-order chi connectivity index (χ0) is 19.3. The number of nitrogens with one attached hydrogen (secondary N) is 2. The molecule has 4 rings (SSSR count). The third kappa shape index (κ3) is 4.81. The maximum atomic E-state index is 12.7. The molecule has 2 aliphatic heterocycles. The smallest absolute Gasteiger partial charge is 0.277 e. The lowest BCUT2D eigenvalue weighted by Crippen LogP contribution is -3.28. The first-order valence-corrected chi connectivity index (χ1v) is 11.7. The van der Waals surface area contributed by atoms with Gasteiger partial charge in [-0.2, -0.15) is 0 Å². The number of amides is 2. The van der Waals surface area contributed by atoms with E-state index < -0.39 is 0 Å². The highest BCUT2D eigenvalue weighted by atomic mass is 32.1. The molecular weight excluding hydrogens is 392 g/mol. The minimum Gasteiger partial charge on any atom is -0.334 e. The molecule has 0 radical (unpaired) electrons. The van der Waals surface area contributed by atoms with Crippen molar-refractivity contribution in [3.63, 3.8) is 0 Å². The SMILES string of the molecule is O=C(C[NH+]1CC[NH+](Cc2cccs2)CC1)N1CCN(C(=O)c2cccs2)CC1. The predicted octanol–water partition coefficient (Wildman–Crippen LogP) is -0.922. The number of carbonyl (C=O) groups excluding carboxylic acids is 2.